The smallest absolute Gasteiger partial charge is 0.344 e. The van der Waals surface area contributed by atoms with Crippen molar-refractivity contribution in [3.8, 4) is 0 Å². The Morgan fingerprint density at radius 3 is 2.65 bits per heavy atom. The summed E-state index contributed by atoms with van der Waals surface area (Å²) in [6.07, 6.45) is -2.96. The number of aromatic amines is 1. The van der Waals surface area contributed by atoms with E-state index in [0.29, 0.717) is 11.0 Å². The van der Waals surface area contributed by atoms with Crippen molar-refractivity contribution in [1.29, 1.82) is 0 Å². The lowest BCUT2D eigenvalue weighted by Gasteiger charge is -2.29. The minimum Gasteiger partial charge on any atom is -0.344 e. The second-order valence-corrected chi connectivity index (χ2v) is 4.48. The van der Waals surface area contributed by atoms with Gasteiger partial charge in [0.25, 0.3) is 0 Å². The average molecular weight is 289 g/mol. The molecule has 0 fully saturated rings. The summed E-state index contributed by atoms with van der Waals surface area (Å²) in [7, 11) is 0. The van der Waals surface area contributed by atoms with Gasteiger partial charge in [0.15, 0.2) is 5.65 Å². The lowest BCUT2D eigenvalue weighted by Crippen LogP contribution is -2.40. The van der Waals surface area contributed by atoms with Crippen LogP contribution in [-0.2, 0) is 0 Å². The van der Waals surface area contributed by atoms with E-state index in [1.54, 1.807) is 13.8 Å². The number of nitrogen functional groups attached to an aromatic ring is 1. The summed E-state index contributed by atoms with van der Waals surface area (Å²) < 4.78 is 38.1. The monoisotopic (exact) mass is 289 g/mol. The molecule has 4 N–H and O–H groups in total. The molecule has 0 aliphatic carbocycles. The van der Waals surface area contributed by atoms with Gasteiger partial charge < -0.3 is 4.90 Å². The van der Waals surface area contributed by atoms with Crippen LogP contribution in [0.3, 0.4) is 0 Å². The topological polar surface area (TPSA) is 95.8 Å². The Kier molecular flexibility index (Phi) is 3.66. The van der Waals surface area contributed by atoms with E-state index >= 15 is 0 Å². The summed E-state index contributed by atoms with van der Waals surface area (Å²) in [6, 6.07) is -0.407. The van der Waals surface area contributed by atoms with Gasteiger partial charge in [-0.1, -0.05) is 0 Å². The van der Waals surface area contributed by atoms with Gasteiger partial charge in [-0.3, -0.25) is 10.5 Å². The summed E-state index contributed by atoms with van der Waals surface area (Å²) in [5.74, 6) is 5.38. The van der Waals surface area contributed by atoms with Crippen LogP contribution in [0.25, 0.3) is 11.0 Å². The number of hydrogen-bond acceptors (Lipinski definition) is 6. The minimum absolute atomic E-state index is 0.0181. The maximum absolute atomic E-state index is 12.7. The van der Waals surface area contributed by atoms with Gasteiger partial charge in [0, 0.05) is 6.04 Å². The number of rotatable bonds is 4. The van der Waals surface area contributed by atoms with E-state index in [9.17, 15) is 13.2 Å². The number of aromatic nitrogens is 4. The van der Waals surface area contributed by atoms with Crippen molar-refractivity contribution in [2.75, 3.05) is 16.9 Å². The third kappa shape index (κ3) is 2.90. The maximum Gasteiger partial charge on any atom is 0.405 e. The Morgan fingerprint density at radius 2 is 2.10 bits per heavy atom. The molecule has 0 spiro atoms. The van der Waals surface area contributed by atoms with Crippen LogP contribution in [0.4, 0.5) is 24.9 Å². The van der Waals surface area contributed by atoms with Gasteiger partial charge in [0.2, 0.25) is 5.95 Å². The van der Waals surface area contributed by atoms with E-state index in [1.807, 2.05) is 0 Å². The first-order chi connectivity index (χ1) is 9.31. The molecule has 0 saturated heterocycles. The third-order valence-corrected chi connectivity index (χ3v) is 2.66. The normalized spacial score (nSPS) is 12.2. The molecule has 0 radical (unpaired) electrons. The molecule has 0 aliphatic rings. The Bertz CT molecular complexity index is 592. The first-order valence-electron chi connectivity index (χ1n) is 5.83. The molecule has 2 aromatic heterocycles. The zero-order chi connectivity index (χ0) is 14.9. The molecule has 2 rings (SSSR count). The van der Waals surface area contributed by atoms with Crippen LogP contribution in [0, 0.1) is 0 Å². The van der Waals surface area contributed by atoms with Gasteiger partial charge in [-0.2, -0.15) is 28.2 Å². The lowest BCUT2D eigenvalue weighted by molar-refractivity contribution is -0.120. The number of alkyl halides is 3. The molecule has 0 aromatic carbocycles. The maximum atomic E-state index is 12.7. The molecule has 0 saturated carbocycles. The zero-order valence-electron chi connectivity index (χ0n) is 10.9. The van der Waals surface area contributed by atoms with Crippen molar-refractivity contribution in [3.63, 3.8) is 0 Å². The van der Waals surface area contributed by atoms with Gasteiger partial charge in [0.05, 0.1) is 11.6 Å². The summed E-state index contributed by atoms with van der Waals surface area (Å²) in [5, 5.41) is 6.76. The van der Waals surface area contributed by atoms with Gasteiger partial charge in [-0.25, -0.2) is 5.84 Å². The van der Waals surface area contributed by atoms with Crippen LogP contribution in [0.2, 0.25) is 0 Å². The second-order valence-electron chi connectivity index (χ2n) is 4.48. The zero-order valence-corrected chi connectivity index (χ0v) is 10.9. The fourth-order valence-electron chi connectivity index (χ4n) is 1.80. The number of hydrazine groups is 1. The van der Waals surface area contributed by atoms with Crippen molar-refractivity contribution < 1.29 is 13.2 Å². The van der Waals surface area contributed by atoms with E-state index in [-0.39, 0.29) is 11.8 Å². The van der Waals surface area contributed by atoms with Crippen LogP contribution in [-0.4, -0.2) is 38.9 Å². The SMILES string of the molecule is CC(C)N(CC(F)(F)F)c1nc(NN)nc2[nH]ncc12. The highest BCUT2D eigenvalue weighted by Crippen LogP contribution is 2.28. The van der Waals surface area contributed by atoms with Crippen molar-refractivity contribution in [2.45, 2.75) is 26.1 Å². The van der Waals surface area contributed by atoms with Crippen LogP contribution in [0.5, 0.6) is 0 Å². The first-order valence-corrected chi connectivity index (χ1v) is 5.83. The average Bonchev–Trinajstić information content (AvgIpc) is 2.81. The second kappa shape index (κ2) is 5.12. The minimum atomic E-state index is -4.35. The highest BCUT2D eigenvalue weighted by atomic mass is 19.4. The molecule has 110 valence electrons. The molecule has 0 aliphatic heterocycles. The van der Waals surface area contributed by atoms with Gasteiger partial charge in [0.1, 0.15) is 12.4 Å². The lowest BCUT2D eigenvalue weighted by atomic mass is 10.2. The van der Waals surface area contributed by atoms with Crippen molar-refractivity contribution in [2.24, 2.45) is 5.84 Å². The quantitative estimate of drug-likeness (QED) is 0.582. The number of H-pyrrole nitrogens is 1. The van der Waals surface area contributed by atoms with E-state index in [4.69, 9.17) is 5.84 Å². The van der Waals surface area contributed by atoms with E-state index < -0.39 is 18.8 Å². The predicted octanol–water partition coefficient (Wildman–Crippen LogP) is 1.42. The summed E-state index contributed by atoms with van der Waals surface area (Å²) in [5.41, 5.74) is 2.54. The van der Waals surface area contributed by atoms with E-state index in [0.717, 1.165) is 4.90 Å². The predicted molar refractivity (Wildman–Crippen MR) is 68.0 cm³/mol. The molecule has 10 heteroatoms. The number of nitrogens with one attached hydrogen (secondary N) is 2. The fraction of sp³-hybridized carbons (Fsp3) is 0.500. The highest BCUT2D eigenvalue weighted by Gasteiger charge is 2.33. The standard InChI is InChI=1S/C10H14F3N7/c1-5(2)20(4-10(11,12)13)8-6-3-15-19-7(6)16-9(17-8)18-14/h3,5H,4,14H2,1-2H3,(H2,15,16,17,18,19). The molecule has 2 heterocycles. The highest BCUT2D eigenvalue weighted by molar-refractivity contribution is 5.87. The number of nitrogens with zero attached hydrogens (tertiary/aromatic N) is 4. The van der Waals surface area contributed by atoms with E-state index in [1.165, 1.54) is 6.20 Å². The number of halogens is 3. The molecule has 0 bridgehead atoms. The summed E-state index contributed by atoms with van der Waals surface area (Å²) in [4.78, 5) is 9.12. The Labute approximate surface area is 112 Å². The fourth-order valence-corrected chi connectivity index (χ4v) is 1.80. The molecule has 0 unspecified atom stereocenters. The molecule has 2 aromatic rings. The van der Waals surface area contributed by atoms with Crippen molar-refractivity contribution >= 4 is 22.8 Å². The third-order valence-electron chi connectivity index (χ3n) is 2.66. The molecule has 0 atom stereocenters. The van der Waals surface area contributed by atoms with Gasteiger partial charge in [-0.15, -0.1) is 0 Å². The molecule has 7 nitrogen and oxygen atoms in total. The number of anilines is 2. The van der Waals surface area contributed by atoms with Gasteiger partial charge >= 0.3 is 6.18 Å². The van der Waals surface area contributed by atoms with Crippen LogP contribution in [0.15, 0.2) is 6.20 Å². The number of nitrogens with two attached hydrogens (primary N) is 1. The van der Waals surface area contributed by atoms with Crippen molar-refractivity contribution in [1.82, 2.24) is 20.2 Å². The van der Waals surface area contributed by atoms with Crippen LogP contribution >= 0.6 is 0 Å². The summed E-state index contributed by atoms with van der Waals surface area (Å²) >= 11 is 0. The van der Waals surface area contributed by atoms with Gasteiger partial charge in [-0.05, 0) is 13.8 Å². The molecule has 0 amide bonds. The molecule has 20 heavy (non-hydrogen) atoms. The first kappa shape index (κ1) is 14.3. The Balaban J connectivity index is 2.54. The number of hydrogen-bond donors (Lipinski definition) is 3. The Hall–Kier alpha value is -2.10. The summed E-state index contributed by atoms with van der Waals surface area (Å²) in [6.45, 7) is 2.18. The van der Waals surface area contributed by atoms with Crippen LogP contribution < -0.4 is 16.2 Å². The molecular formula is C10H14F3N7. The Morgan fingerprint density at radius 1 is 1.40 bits per heavy atom. The van der Waals surface area contributed by atoms with Crippen LogP contribution in [0.1, 0.15) is 13.8 Å². The largest absolute Gasteiger partial charge is 0.405 e. The van der Waals surface area contributed by atoms with E-state index in [2.05, 4.69) is 25.6 Å². The van der Waals surface area contributed by atoms with Crippen molar-refractivity contribution in [3.05, 3.63) is 6.20 Å². The molecular weight excluding hydrogens is 275 g/mol. The number of fused-ring (bicyclic) bond motifs is 1.